The summed E-state index contributed by atoms with van der Waals surface area (Å²) in [5.74, 6) is -0.591. The predicted octanol–water partition coefficient (Wildman–Crippen LogP) is 1.85. The van der Waals surface area contributed by atoms with Crippen LogP contribution in [0.4, 0.5) is 11.4 Å². The number of aryl methyl sites for hydroxylation is 1. The molecule has 1 aliphatic heterocycles. The quantitative estimate of drug-likeness (QED) is 0.169. The van der Waals surface area contributed by atoms with E-state index in [1.165, 1.54) is 43.3 Å². The molecule has 4 rings (SSSR count). The number of rotatable bonds is 7. The maximum atomic E-state index is 12.9. The molecule has 0 saturated carbocycles. The van der Waals surface area contributed by atoms with Crippen molar-refractivity contribution in [1.82, 2.24) is 0 Å². The van der Waals surface area contributed by atoms with Gasteiger partial charge in [-0.2, -0.15) is 28.8 Å². The molecule has 0 fully saturated rings. The fourth-order valence-electron chi connectivity index (χ4n) is 3.31. The average Bonchev–Trinajstić information content (AvgIpc) is 3.12. The molecule has 0 spiro atoms. The molecule has 1 unspecified atom stereocenters. The number of hydrogen-bond acceptors (Lipinski definition) is 10. The van der Waals surface area contributed by atoms with E-state index in [2.05, 4.69) is 15.3 Å². The molecule has 0 bridgehead atoms. The predicted molar refractivity (Wildman–Crippen MR) is 139 cm³/mol. The molecule has 0 radical (unpaired) electrons. The van der Waals surface area contributed by atoms with Crippen LogP contribution in [-0.4, -0.2) is 39.0 Å². The normalized spacial score (nSPS) is 15.8. The number of hydrogen-bond donors (Lipinski definition) is 0. The van der Waals surface area contributed by atoms with Gasteiger partial charge in [0.2, 0.25) is 0 Å². The number of halogens is 2. The van der Waals surface area contributed by atoms with Crippen molar-refractivity contribution >= 4 is 66.4 Å². The second kappa shape index (κ2) is 12.0. The molecule has 0 aromatic heterocycles. The molecule has 0 aliphatic carbocycles. The van der Waals surface area contributed by atoms with Crippen LogP contribution >= 0.6 is 23.2 Å². The number of nitrogens with zero attached hydrogens (tertiary/aromatic N) is 4. The Morgan fingerprint density at radius 2 is 1.56 bits per heavy atom. The summed E-state index contributed by atoms with van der Waals surface area (Å²) in [5, 5.41) is 12.4. The first-order valence-corrected chi connectivity index (χ1v) is 14.2. The minimum Gasteiger partial charge on any atom is -0.744 e. The minimum absolute atomic E-state index is 0. The van der Waals surface area contributed by atoms with Crippen LogP contribution in [0.25, 0.3) is 0 Å². The Labute approximate surface area is 256 Å². The summed E-state index contributed by atoms with van der Waals surface area (Å²) in [5.41, 5.74) is 1.43. The summed E-state index contributed by atoms with van der Waals surface area (Å²) >= 11 is 12.0. The smallest absolute Gasteiger partial charge is 0.744 e. The molecular weight excluding hydrogens is 602 g/mol. The summed E-state index contributed by atoms with van der Waals surface area (Å²) in [6.07, 6.45) is 0. The van der Waals surface area contributed by atoms with Gasteiger partial charge in [0.25, 0.3) is 5.91 Å². The third-order valence-corrected chi connectivity index (χ3v) is 8.10. The first-order valence-electron chi connectivity index (χ1n) is 10.6. The van der Waals surface area contributed by atoms with Crippen LogP contribution in [0.1, 0.15) is 12.5 Å². The van der Waals surface area contributed by atoms with E-state index in [1.54, 1.807) is 12.1 Å². The largest absolute Gasteiger partial charge is 1.00 e. The van der Waals surface area contributed by atoms with Crippen molar-refractivity contribution in [3.05, 3.63) is 76.3 Å². The Kier molecular flexibility index (Phi) is 9.61. The number of anilines is 1. The first kappa shape index (κ1) is 31.2. The van der Waals surface area contributed by atoms with Crippen molar-refractivity contribution in [3.63, 3.8) is 0 Å². The van der Waals surface area contributed by atoms with Crippen LogP contribution in [0.2, 0.25) is 10.0 Å². The fraction of sp³-hybridized carbons (Fsp3) is 0.130. The molecule has 16 heteroatoms. The number of azo groups is 1. The minimum atomic E-state index is -4.88. The van der Waals surface area contributed by atoms with Crippen molar-refractivity contribution in [3.8, 4) is 5.75 Å². The van der Waals surface area contributed by atoms with Crippen LogP contribution in [0.3, 0.4) is 0 Å². The van der Waals surface area contributed by atoms with Crippen molar-refractivity contribution in [2.45, 2.75) is 29.7 Å². The molecule has 1 atom stereocenters. The van der Waals surface area contributed by atoms with E-state index >= 15 is 0 Å². The van der Waals surface area contributed by atoms with Gasteiger partial charge in [0.05, 0.1) is 32.0 Å². The van der Waals surface area contributed by atoms with E-state index in [9.17, 15) is 26.2 Å². The van der Waals surface area contributed by atoms with Gasteiger partial charge in [0.1, 0.15) is 20.8 Å². The Balaban J connectivity index is 0.00000420. The SMILES string of the molecule is CC1=NN(c2cc(Cl)c(S(=O)(=O)[O-])cc2Cl)C(=O)C1N=Nc1ccc(OS(=O)(=O)c2ccc(C)cc2)cc1.[Na+]. The Hall–Kier alpha value is -2.36. The molecule has 3 aromatic carbocycles. The molecular formula is C23H17Cl2N4NaO7S2. The molecule has 3 aromatic rings. The van der Waals surface area contributed by atoms with E-state index in [-0.39, 0.29) is 56.6 Å². The van der Waals surface area contributed by atoms with Gasteiger partial charge in [0, 0.05) is 0 Å². The summed E-state index contributed by atoms with van der Waals surface area (Å²) in [6.45, 7) is 3.36. The topological polar surface area (TPSA) is 158 Å². The van der Waals surface area contributed by atoms with Crippen molar-refractivity contribution in [2.75, 3.05) is 5.01 Å². The third-order valence-electron chi connectivity index (χ3n) is 5.24. The monoisotopic (exact) mass is 618 g/mol. The van der Waals surface area contributed by atoms with Crippen LogP contribution in [-0.2, 0) is 25.0 Å². The second-order valence-electron chi connectivity index (χ2n) is 8.04. The van der Waals surface area contributed by atoms with Gasteiger partial charge in [-0.25, -0.2) is 8.42 Å². The van der Waals surface area contributed by atoms with Gasteiger partial charge < -0.3 is 8.74 Å². The van der Waals surface area contributed by atoms with Gasteiger partial charge in [-0.05, 0) is 62.4 Å². The van der Waals surface area contributed by atoms with Gasteiger partial charge in [-0.3, -0.25) is 4.79 Å². The molecule has 1 amide bonds. The zero-order valence-electron chi connectivity index (χ0n) is 20.6. The Morgan fingerprint density at radius 1 is 0.949 bits per heavy atom. The van der Waals surface area contributed by atoms with E-state index in [0.29, 0.717) is 5.69 Å². The zero-order valence-corrected chi connectivity index (χ0v) is 25.7. The van der Waals surface area contributed by atoms with Gasteiger partial charge >= 0.3 is 39.7 Å². The zero-order chi connectivity index (χ0) is 27.8. The van der Waals surface area contributed by atoms with Crippen molar-refractivity contribution in [2.24, 2.45) is 15.3 Å². The number of amides is 1. The van der Waals surface area contributed by atoms with E-state index in [0.717, 1.165) is 22.7 Å². The van der Waals surface area contributed by atoms with E-state index in [4.69, 9.17) is 27.4 Å². The Morgan fingerprint density at radius 3 is 2.15 bits per heavy atom. The molecule has 1 heterocycles. The number of carbonyl (C=O) groups is 1. The van der Waals surface area contributed by atoms with E-state index < -0.39 is 42.1 Å². The van der Waals surface area contributed by atoms with E-state index in [1.807, 2.05) is 6.92 Å². The number of benzene rings is 3. The van der Waals surface area contributed by atoms with Gasteiger partial charge in [0.15, 0.2) is 6.04 Å². The fourth-order valence-corrected chi connectivity index (χ4v) is 5.55. The van der Waals surface area contributed by atoms with Gasteiger partial charge in [-0.15, -0.1) is 0 Å². The van der Waals surface area contributed by atoms with Crippen LogP contribution in [0.5, 0.6) is 5.75 Å². The molecule has 39 heavy (non-hydrogen) atoms. The molecule has 11 nitrogen and oxygen atoms in total. The molecule has 1 aliphatic rings. The molecule has 198 valence electrons. The van der Waals surface area contributed by atoms with Crippen LogP contribution in [0, 0.1) is 6.92 Å². The van der Waals surface area contributed by atoms with Crippen molar-refractivity contribution in [1.29, 1.82) is 0 Å². The third kappa shape index (κ3) is 7.05. The maximum Gasteiger partial charge on any atom is 1.00 e. The summed E-state index contributed by atoms with van der Waals surface area (Å²) in [6, 6.07) is 12.7. The van der Waals surface area contributed by atoms with Crippen molar-refractivity contribution < 1.29 is 59.9 Å². The standard InChI is InChI=1S/C23H18Cl2N4O7S2.Na/c1-13-3-9-17(10-4-13)38(34,35)36-16-7-5-15(6-8-16)26-27-22-14(2)28-29(23(22)30)20-11-19(25)21(12-18(20)24)37(31,32)33;/h3-12,22H,1-2H3,(H,31,32,33);/q;+1/p-1. The second-order valence-corrected chi connectivity index (χ2v) is 11.8. The summed E-state index contributed by atoms with van der Waals surface area (Å²) in [7, 11) is -8.91. The maximum absolute atomic E-state index is 12.9. The molecule has 0 N–H and O–H groups in total. The van der Waals surface area contributed by atoms with Gasteiger partial charge in [-0.1, -0.05) is 40.9 Å². The first-order chi connectivity index (χ1) is 17.8. The van der Waals surface area contributed by atoms with Crippen LogP contribution in [0.15, 0.2) is 85.8 Å². The van der Waals surface area contributed by atoms with Crippen LogP contribution < -0.4 is 38.7 Å². The average molecular weight is 619 g/mol. The Bertz CT molecular complexity index is 1700. The summed E-state index contributed by atoms with van der Waals surface area (Å²) in [4.78, 5) is 12.2. The molecule has 0 saturated heterocycles. The summed E-state index contributed by atoms with van der Waals surface area (Å²) < 4.78 is 64.0. The number of carbonyl (C=O) groups excluding carboxylic acids is 1. The number of hydrazone groups is 1.